The molecule has 0 aromatic heterocycles. The molecule has 1 rings (SSSR count). The molecule has 0 aromatic carbocycles. The van der Waals surface area contributed by atoms with Crippen LogP contribution in [0.3, 0.4) is 0 Å². The van der Waals surface area contributed by atoms with Crippen molar-refractivity contribution in [3.8, 4) is 0 Å². The Balaban J connectivity index is 2.45. The SMILES string of the molecule is O=[N+]([O-])N=C1NCC(O)CN1. The first kappa shape index (κ1) is 7.73. The van der Waals surface area contributed by atoms with Crippen LogP contribution in [-0.4, -0.2) is 35.3 Å². The summed E-state index contributed by atoms with van der Waals surface area (Å²) in [4.78, 5) is 9.82. The van der Waals surface area contributed by atoms with Gasteiger partial charge in [0, 0.05) is 13.1 Å². The van der Waals surface area contributed by atoms with Crippen LogP contribution in [0.2, 0.25) is 0 Å². The van der Waals surface area contributed by atoms with Gasteiger partial charge in [0.05, 0.1) is 6.10 Å². The van der Waals surface area contributed by atoms with Gasteiger partial charge in [-0.1, -0.05) is 0 Å². The van der Waals surface area contributed by atoms with E-state index < -0.39 is 11.1 Å². The lowest BCUT2D eigenvalue weighted by Gasteiger charge is -2.19. The quantitative estimate of drug-likeness (QED) is 0.307. The lowest BCUT2D eigenvalue weighted by Crippen LogP contribution is -2.52. The van der Waals surface area contributed by atoms with Crippen LogP contribution in [0.15, 0.2) is 5.10 Å². The molecule has 0 aromatic rings. The fourth-order valence-electron chi connectivity index (χ4n) is 0.716. The molecule has 7 heteroatoms. The number of β-amino-alcohol motifs (C(OH)–C–C–N with tert-alkyl or cyclic N) is 1. The van der Waals surface area contributed by atoms with E-state index >= 15 is 0 Å². The normalized spacial score (nSPS) is 23.4. The largest absolute Gasteiger partial charge is 0.389 e. The molecule has 7 nitrogen and oxygen atoms in total. The van der Waals surface area contributed by atoms with E-state index in [-0.39, 0.29) is 5.96 Å². The number of hydrogen-bond donors (Lipinski definition) is 3. The number of hydrazone groups is 1. The minimum atomic E-state index is -0.799. The van der Waals surface area contributed by atoms with E-state index in [0.29, 0.717) is 13.1 Å². The van der Waals surface area contributed by atoms with Gasteiger partial charge < -0.3 is 15.7 Å². The maximum Gasteiger partial charge on any atom is 0.268 e. The molecule has 0 amide bonds. The van der Waals surface area contributed by atoms with Crippen molar-refractivity contribution in [3.63, 3.8) is 0 Å². The first-order valence-corrected chi connectivity index (χ1v) is 3.07. The van der Waals surface area contributed by atoms with Crippen LogP contribution < -0.4 is 10.6 Å². The Morgan fingerprint density at radius 2 is 2.18 bits per heavy atom. The number of aliphatic hydroxyl groups is 1. The molecule has 0 bridgehead atoms. The number of nitro groups is 1. The van der Waals surface area contributed by atoms with E-state index in [2.05, 4.69) is 15.7 Å². The zero-order valence-electron chi connectivity index (χ0n) is 5.65. The highest BCUT2D eigenvalue weighted by Crippen LogP contribution is 1.85. The van der Waals surface area contributed by atoms with Crippen molar-refractivity contribution in [1.29, 1.82) is 0 Å². The van der Waals surface area contributed by atoms with Crippen molar-refractivity contribution in [1.82, 2.24) is 10.6 Å². The third-order valence-corrected chi connectivity index (χ3v) is 1.19. The highest BCUT2D eigenvalue weighted by atomic mass is 16.7. The number of guanidine groups is 1. The van der Waals surface area contributed by atoms with E-state index in [0.717, 1.165) is 0 Å². The number of rotatable bonds is 1. The van der Waals surface area contributed by atoms with Gasteiger partial charge in [-0.05, 0) is 0 Å². The zero-order chi connectivity index (χ0) is 8.27. The third-order valence-electron chi connectivity index (χ3n) is 1.19. The number of nitrogens with zero attached hydrogens (tertiary/aromatic N) is 2. The van der Waals surface area contributed by atoms with Gasteiger partial charge >= 0.3 is 0 Å². The molecule has 0 saturated carbocycles. The highest BCUT2D eigenvalue weighted by Gasteiger charge is 2.14. The predicted octanol–water partition coefficient (Wildman–Crippen LogP) is -1.91. The maximum absolute atomic E-state index is 9.82. The Morgan fingerprint density at radius 1 is 1.64 bits per heavy atom. The second-order valence-electron chi connectivity index (χ2n) is 2.10. The summed E-state index contributed by atoms with van der Waals surface area (Å²) in [6.45, 7) is 0.583. The van der Waals surface area contributed by atoms with Gasteiger partial charge in [-0.2, -0.15) is 0 Å². The molecule has 0 radical (unpaired) electrons. The van der Waals surface area contributed by atoms with Crippen LogP contribution >= 0.6 is 0 Å². The monoisotopic (exact) mass is 160 g/mol. The van der Waals surface area contributed by atoms with Crippen LogP contribution in [0.4, 0.5) is 0 Å². The molecule has 0 spiro atoms. The lowest BCUT2D eigenvalue weighted by molar-refractivity contribution is -0.485. The second kappa shape index (κ2) is 3.15. The predicted molar refractivity (Wildman–Crippen MR) is 36.4 cm³/mol. The summed E-state index contributed by atoms with van der Waals surface area (Å²) >= 11 is 0. The molecule has 11 heavy (non-hydrogen) atoms. The minimum Gasteiger partial charge on any atom is -0.389 e. The molecular formula is C4H8N4O3. The topological polar surface area (TPSA) is 99.8 Å². The number of aliphatic hydroxyl groups excluding tert-OH is 1. The summed E-state index contributed by atoms with van der Waals surface area (Å²) in [5.41, 5.74) is 0. The molecule has 3 N–H and O–H groups in total. The van der Waals surface area contributed by atoms with Gasteiger partial charge in [0.15, 0.2) is 5.03 Å². The van der Waals surface area contributed by atoms with E-state index in [1.807, 2.05) is 0 Å². The zero-order valence-corrected chi connectivity index (χ0v) is 5.65. The first-order chi connectivity index (χ1) is 5.18. The summed E-state index contributed by atoms with van der Waals surface area (Å²) in [7, 11) is 0. The number of hydrogen-bond acceptors (Lipinski definition) is 3. The third kappa shape index (κ3) is 2.38. The highest BCUT2D eigenvalue weighted by molar-refractivity contribution is 5.79. The standard InChI is InChI=1S/C4H8N4O3/c9-3-1-5-4(6-2-3)7-8(10)11/h3,9H,1-2H2,(H2,5,6,7). The summed E-state index contributed by atoms with van der Waals surface area (Å²) in [5, 5.41) is 26.0. The maximum atomic E-state index is 9.82. The van der Waals surface area contributed by atoms with Gasteiger partial charge in [0.2, 0.25) is 0 Å². The van der Waals surface area contributed by atoms with Crippen molar-refractivity contribution < 1.29 is 10.1 Å². The van der Waals surface area contributed by atoms with Crippen LogP contribution in [0.5, 0.6) is 0 Å². The number of nitrogens with one attached hydrogen (secondary N) is 2. The van der Waals surface area contributed by atoms with E-state index in [1.54, 1.807) is 0 Å². The van der Waals surface area contributed by atoms with Gasteiger partial charge in [-0.15, -0.1) is 0 Å². The van der Waals surface area contributed by atoms with E-state index in [4.69, 9.17) is 5.11 Å². The van der Waals surface area contributed by atoms with Gasteiger partial charge in [0.25, 0.3) is 5.96 Å². The summed E-state index contributed by atoms with van der Waals surface area (Å²) in [5.74, 6) is 0.0975. The summed E-state index contributed by atoms with van der Waals surface area (Å²) in [6, 6.07) is 0. The fraction of sp³-hybridized carbons (Fsp3) is 0.750. The average molecular weight is 160 g/mol. The van der Waals surface area contributed by atoms with Crippen molar-refractivity contribution in [2.45, 2.75) is 6.10 Å². The van der Waals surface area contributed by atoms with Crippen LogP contribution in [-0.2, 0) is 0 Å². The Morgan fingerprint density at radius 3 is 2.64 bits per heavy atom. The van der Waals surface area contributed by atoms with Crippen molar-refractivity contribution >= 4 is 5.96 Å². The Bertz CT molecular complexity index is 182. The molecule has 1 saturated heterocycles. The minimum absolute atomic E-state index is 0.0975. The van der Waals surface area contributed by atoms with Gasteiger partial charge in [-0.25, -0.2) is 10.1 Å². The smallest absolute Gasteiger partial charge is 0.268 e. The molecule has 0 atom stereocenters. The molecule has 1 fully saturated rings. The Kier molecular flexibility index (Phi) is 2.21. The fourth-order valence-corrected chi connectivity index (χ4v) is 0.716. The molecule has 1 heterocycles. The summed E-state index contributed by atoms with van der Waals surface area (Å²) in [6.07, 6.45) is -0.513. The van der Waals surface area contributed by atoms with Gasteiger partial charge in [0.1, 0.15) is 5.10 Å². The van der Waals surface area contributed by atoms with Crippen LogP contribution in [0, 0.1) is 10.1 Å². The molecule has 1 aliphatic rings. The van der Waals surface area contributed by atoms with Crippen LogP contribution in [0.25, 0.3) is 0 Å². The van der Waals surface area contributed by atoms with Crippen molar-refractivity contribution in [2.75, 3.05) is 13.1 Å². The molecular weight excluding hydrogens is 152 g/mol. The van der Waals surface area contributed by atoms with Crippen molar-refractivity contribution in [2.24, 2.45) is 5.10 Å². The molecule has 1 aliphatic heterocycles. The van der Waals surface area contributed by atoms with Crippen LogP contribution in [0.1, 0.15) is 0 Å². The molecule has 0 aliphatic carbocycles. The molecule has 0 unspecified atom stereocenters. The van der Waals surface area contributed by atoms with Crippen molar-refractivity contribution in [3.05, 3.63) is 10.1 Å². The molecule has 62 valence electrons. The summed E-state index contributed by atoms with van der Waals surface area (Å²) < 4.78 is 0. The van der Waals surface area contributed by atoms with E-state index in [1.165, 1.54) is 0 Å². The first-order valence-electron chi connectivity index (χ1n) is 3.07. The average Bonchev–Trinajstić information content (AvgIpc) is 1.93. The van der Waals surface area contributed by atoms with E-state index in [9.17, 15) is 10.1 Å². The lowest BCUT2D eigenvalue weighted by atomic mass is 10.3. The Hall–Kier alpha value is -1.37. The van der Waals surface area contributed by atoms with Gasteiger partial charge in [-0.3, -0.25) is 0 Å². The second-order valence-corrected chi connectivity index (χ2v) is 2.10. The Labute approximate surface area is 62.2 Å².